The Morgan fingerprint density at radius 3 is 3.10 bits per heavy atom. The van der Waals surface area contributed by atoms with Crippen molar-refractivity contribution in [3.63, 3.8) is 0 Å². The van der Waals surface area contributed by atoms with Gasteiger partial charge in [-0.15, -0.1) is 0 Å². The lowest BCUT2D eigenvalue weighted by molar-refractivity contribution is 0.607. The van der Waals surface area contributed by atoms with Gasteiger partial charge < -0.3 is 10.2 Å². The summed E-state index contributed by atoms with van der Waals surface area (Å²) < 4.78 is 0. The van der Waals surface area contributed by atoms with Gasteiger partial charge in [-0.05, 0) is 6.92 Å². The Kier molecular flexibility index (Phi) is 1.71. The fraction of sp³-hybridized carbons (Fsp3) is 0.333. The first kappa shape index (κ1) is 6.80. The normalized spacial score (nSPS) is 18.0. The number of hydrogen-bond acceptors (Lipinski definition) is 2. The van der Waals surface area contributed by atoms with Crippen molar-refractivity contribution >= 4 is 12.3 Å². The number of allylic oxidation sites excluding steroid dienone is 1. The van der Waals surface area contributed by atoms with E-state index < -0.39 is 0 Å². The first-order chi connectivity index (χ1) is 4.72. The van der Waals surface area contributed by atoms with Crippen LogP contribution in [-0.4, -0.2) is 24.2 Å². The number of hydrogen-bond donors (Lipinski definition) is 2. The predicted molar refractivity (Wildman–Crippen MR) is 40.9 cm³/mol. The van der Waals surface area contributed by atoms with Gasteiger partial charge in [-0.3, -0.25) is 5.41 Å². The topological polar surface area (TPSA) is 51.5 Å². The molecule has 0 amide bonds. The van der Waals surface area contributed by atoms with Crippen LogP contribution in [0.3, 0.4) is 0 Å². The number of nitrogens with zero attached hydrogens (tertiary/aromatic N) is 2. The van der Waals surface area contributed by atoms with E-state index in [4.69, 9.17) is 5.41 Å². The van der Waals surface area contributed by atoms with Crippen LogP contribution in [0.2, 0.25) is 0 Å². The molecule has 0 aromatic rings. The second kappa shape index (κ2) is 2.51. The highest BCUT2D eigenvalue weighted by atomic mass is 15.3. The molecule has 0 saturated carbocycles. The highest BCUT2D eigenvalue weighted by Gasteiger charge is 2.05. The van der Waals surface area contributed by atoms with Crippen molar-refractivity contribution in [3.8, 4) is 0 Å². The second-order valence-electron chi connectivity index (χ2n) is 2.10. The Labute approximate surface area is 59.8 Å². The lowest BCUT2D eigenvalue weighted by Crippen LogP contribution is -2.34. The molecule has 0 atom stereocenters. The molecule has 0 aliphatic carbocycles. The number of guanidine groups is 1. The van der Waals surface area contributed by atoms with E-state index in [-0.39, 0.29) is 0 Å². The van der Waals surface area contributed by atoms with E-state index in [0.29, 0.717) is 5.96 Å². The van der Waals surface area contributed by atoms with Crippen molar-refractivity contribution in [3.05, 3.63) is 11.9 Å². The molecular formula is C6H10N4. The highest BCUT2D eigenvalue weighted by molar-refractivity contribution is 5.89. The van der Waals surface area contributed by atoms with Gasteiger partial charge in [0.2, 0.25) is 0 Å². The molecule has 4 heteroatoms. The maximum Gasteiger partial charge on any atom is 0.200 e. The number of rotatable bonds is 0. The van der Waals surface area contributed by atoms with Crippen LogP contribution in [-0.2, 0) is 0 Å². The van der Waals surface area contributed by atoms with Gasteiger partial charge >= 0.3 is 0 Å². The van der Waals surface area contributed by atoms with Gasteiger partial charge in [0.15, 0.2) is 5.96 Å². The Hall–Kier alpha value is -1.32. The minimum Gasteiger partial charge on any atom is -0.318 e. The van der Waals surface area contributed by atoms with E-state index in [1.54, 1.807) is 11.1 Å². The third-order valence-corrected chi connectivity index (χ3v) is 1.40. The third-order valence-electron chi connectivity index (χ3n) is 1.40. The minimum absolute atomic E-state index is 0.343. The molecule has 4 nitrogen and oxygen atoms in total. The predicted octanol–water partition coefficient (Wildman–Crippen LogP) is 0.346. The van der Waals surface area contributed by atoms with Crippen LogP contribution in [0.4, 0.5) is 0 Å². The summed E-state index contributed by atoms with van der Waals surface area (Å²) in [7, 11) is 1.82. The molecule has 1 aliphatic heterocycles. The summed E-state index contributed by atoms with van der Waals surface area (Å²) in [6, 6.07) is 0. The van der Waals surface area contributed by atoms with Crippen molar-refractivity contribution in [1.29, 1.82) is 5.41 Å². The number of aliphatic imine (C=N–C) groups is 1. The van der Waals surface area contributed by atoms with Gasteiger partial charge in [-0.1, -0.05) is 0 Å². The molecule has 54 valence electrons. The summed E-state index contributed by atoms with van der Waals surface area (Å²) in [5.74, 6) is 0.343. The lowest BCUT2D eigenvalue weighted by atomic mass is 10.5. The Balaban J connectivity index is 2.83. The van der Waals surface area contributed by atoms with Crippen molar-refractivity contribution < 1.29 is 0 Å². The summed E-state index contributed by atoms with van der Waals surface area (Å²) in [6.07, 6.45) is 3.20. The van der Waals surface area contributed by atoms with Crippen LogP contribution >= 0.6 is 0 Å². The summed E-state index contributed by atoms with van der Waals surface area (Å²) in [5.41, 5.74) is 0.950. The van der Waals surface area contributed by atoms with Crippen LogP contribution in [0.5, 0.6) is 0 Å². The average Bonchev–Trinajstić information content (AvgIpc) is 2.04. The van der Waals surface area contributed by atoms with Crippen LogP contribution in [0.15, 0.2) is 16.9 Å². The van der Waals surface area contributed by atoms with E-state index in [1.807, 2.05) is 14.0 Å². The standard InChI is InChI=1S/C6H10N4/c1-5-3-8-4-9-6(7)10(5)2/h3-4H,1-2H3,(H2,7,8,9). The van der Waals surface area contributed by atoms with Gasteiger partial charge in [0.1, 0.15) is 0 Å². The van der Waals surface area contributed by atoms with Crippen molar-refractivity contribution in [1.82, 2.24) is 10.2 Å². The smallest absolute Gasteiger partial charge is 0.200 e. The zero-order valence-electron chi connectivity index (χ0n) is 6.05. The van der Waals surface area contributed by atoms with Gasteiger partial charge in [-0.25, -0.2) is 4.99 Å². The third kappa shape index (κ3) is 1.15. The van der Waals surface area contributed by atoms with E-state index in [1.165, 1.54) is 6.34 Å². The monoisotopic (exact) mass is 138 g/mol. The fourth-order valence-electron chi connectivity index (χ4n) is 0.603. The van der Waals surface area contributed by atoms with E-state index in [0.717, 1.165) is 5.70 Å². The van der Waals surface area contributed by atoms with Crippen LogP contribution in [0, 0.1) is 5.41 Å². The van der Waals surface area contributed by atoms with Crippen molar-refractivity contribution in [2.45, 2.75) is 6.92 Å². The average molecular weight is 138 g/mol. The van der Waals surface area contributed by atoms with Gasteiger partial charge in [0.05, 0.1) is 6.34 Å². The molecule has 0 radical (unpaired) electrons. The Morgan fingerprint density at radius 1 is 1.70 bits per heavy atom. The molecule has 1 aliphatic rings. The molecule has 0 fully saturated rings. The van der Waals surface area contributed by atoms with E-state index in [9.17, 15) is 0 Å². The lowest BCUT2D eigenvalue weighted by Gasteiger charge is -2.16. The number of nitrogens with one attached hydrogen (secondary N) is 2. The van der Waals surface area contributed by atoms with Crippen LogP contribution in [0.25, 0.3) is 0 Å². The van der Waals surface area contributed by atoms with Crippen molar-refractivity contribution in [2.75, 3.05) is 7.05 Å². The molecule has 0 spiro atoms. The molecule has 0 aromatic carbocycles. The molecule has 10 heavy (non-hydrogen) atoms. The molecule has 0 unspecified atom stereocenters. The molecule has 1 rings (SSSR count). The first-order valence-electron chi connectivity index (χ1n) is 2.99. The second-order valence-corrected chi connectivity index (χ2v) is 2.10. The van der Waals surface area contributed by atoms with E-state index in [2.05, 4.69) is 10.3 Å². The van der Waals surface area contributed by atoms with Gasteiger partial charge in [0.25, 0.3) is 0 Å². The Morgan fingerprint density at radius 2 is 2.40 bits per heavy atom. The maximum atomic E-state index is 7.35. The van der Waals surface area contributed by atoms with E-state index >= 15 is 0 Å². The Bertz CT molecular complexity index is 204. The molecule has 0 aromatic heterocycles. The summed E-state index contributed by atoms with van der Waals surface area (Å²) in [6.45, 7) is 1.90. The molecule has 2 N–H and O–H groups in total. The van der Waals surface area contributed by atoms with Crippen molar-refractivity contribution in [2.24, 2.45) is 4.99 Å². The van der Waals surface area contributed by atoms with Crippen LogP contribution < -0.4 is 5.32 Å². The first-order valence-corrected chi connectivity index (χ1v) is 2.99. The fourth-order valence-corrected chi connectivity index (χ4v) is 0.603. The highest BCUT2D eigenvalue weighted by Crippen LogP contribution is 2.00. The zero-order chi connectivity index (χ0) is 7.56. The quantitative estimate of drug-likeness (QED) is 0.507. The molecular weight excluding hydrogens is 128 g/mol. The molecule has 0 bridgehead atoms. The van der Waals surface area contributed by atoms with Gasteiger partial charge in [-0.2, -0.15) is 0 Å². The minimum atomic E-state index is 0.343. The molecule has 1 heterocycles. The summed E-state index contributed by atoms with van der Waals surface area (Å²) in [4.78, 5) is 5.59. The van der Waals surface area contributed by atoms with Gasteiger partial charge in [0, 0.05) is 18.9 Å². The zero-order valence-corrected chi connectivity index (χ0v) is 6.05. The molecule has 0 saturated heterocycles. The van der Waals surface area contributed by atoms with Crippen LogP contribution in [0.1, 0.15) is 6.92 Å². The largest absolute Gasteiger partial charge is 0.318 e. The summed E-state index contributed by atoms with van der Waals surface area (Å²) >= 11 is 0. The maximum absolute atomic E-state index is 7.35. The summed E-state index contributed by atoms with van der Waals surface area (Å²) in [5, 5.41) is 10.0. The SMILES string of the molecule is CC1=CN=CNC(=N)N1C.